The van der Waals surface area contributed by atoms with Crippen molar-refractivity contribution < 1.29 is 4.79 Å². The smallest absolute Gasteiger partial charge is 0.251 e. The van der Waals surface area contributed by atoms with Crippen molar-refractivity contribution in [3.63, 3.8) is 0 Å². The molecule has 1 N–H and O–H groups in total. The predicted molar refractivity (Wildman–Crippen MR) is 112 cm³/mol. The fourth-order valence-corrected chi connectivity index (χ4v) is 3.46. The van der Waals surface area contributed by atoms with Gasteiger partial charge in [0.25, 0.3) is 5.91 Å². The first-order valence-corrected chi connectivity index (χ1v) is 9.54. The zero-order valence-corrected chi connectivity index (χ0v) is 16.7. The van der Waals surface area contributed by atoms with Gasteiger partial charge in [-0.05, 0) is 74.9 Å². The van der Waals surface area contributed by atoms with E-state index in [2.05, 4.69) is 45.9 Å². The van der Waals surface area contributed by atoms with Crippen molar-refractivity contribution in [3.05, 3.63) is 95.8 Å². The molecule has 1 unspecified atom stereocenters. The molecule has 6 heteroatoms. The highest BCUT2D eigenvalue weighted by Gasteiger charge is 2.12. The summed E-state index contributed by atoms with van der Waals surface area (Å²) < 4.78 is 3.86. The molecule has 0 saturated carbocycles. The Labute approximate surface area is 169 Å². The van der Waals surface area contributed by atoms with Crippen molar-refractivity contribution in [2.75, 3.05) is 0 Å². The number of carbonyl (C=O) groups excluding carboxylic acids is 1. The summed E-state index contributed by atoms with van der Waals surface area (Å²) in [4.78, 5) is 16.6. The third-order valence-corrected chi connectivity index (χ3v) is 5.08. The second-order valence-corrected chi connectivity index (χ2v) is 7.13. The molecular formula is C23H23N5O. The zero-order chi connectivity index (χ0) is 20.4. The summed E-state index contributed by atoms with van der Waals surface area (Å²) in [6.45, 7) is 6.12. The Bertz CT molecular complexity index is 1090. The molecule has 2 heterocycles. The molecule has 146 valence electrons. The molecule has 2 aromatic heterocycles. The third-order valence-electron chi connectivity index (χ3n) is 5.08. The Morgan fingerprint density at radius 3 is 2.10 bits per heavy atom. The number of hydrogen-bond acceptors (Lipinski definition) is 3. The average molecular weight is 385 g/mol. The minimum atomic E-state index is -0.110. The average Bonchev–Trinajstić information content (AvgIpc) is 3.38. The van der Waals surface area contributed by atoms with Gasteiger partial charge in [0.2, 0.25) is 0 Å². The van der Waals surface area contributed by atoms with Crippen LogP contribution in [-0.4, -0.2) is 25.2 Å². The van der Waals surface area contributed by atoms with Gasteiger partial charge < -0.3 is 9.88 Å². The van der Waals surface area contributed by atoms with Gasteiger partial charge in [-0.3, -0.25) is 4.79 Å². The van der Waals surface area contributed by atoms with Crippen LogP contribution in [0, 0.1) is 13.8 Å². The zero-order valence-electron chi connectivity index (χ0n) is 16.7. The first kappa shape index (κ1) is 18.7. The maximum Gasteiger partial charge on any atom is 0.251 e. The van der Waals surface area contributed by atoms with E-state index in [1.807, 2.05) is 55.5 Å². The number of carbonyl (C=O) groups is 1. The summed E-state index contributed by atoms with van der Waals surface area (Å²) in [6.07, 6.45) is 3.15. The molecule has 1 atom stereocenters. The van der Waals surface area contributed by atoms with E-state index in [-0.39, 0.29) is 11.9 Å². The molecule has 0 spiro atoms. The van der Waals surface area contributed by atoms with Crippen LogP contribution in [0.15, 0.2) is 73.3 Å². The van der Waals surface area contributed by atoms with Crippen molar-refractivity contribution >= 4 is 5.91 Å². The Morgan fingerprint density at radius 2 is 1.52 bits per heavy atom. The highest BCUT2D eigenvalue weighted by molar-refractivity contribution is 5.94. The molecule has 2 aromatic carbocycles. The van der Waals surface area contributed by atoms with Crippen LogP contribution in [0.1, 0.15) is 40.3 Å². The van der Waals surface area contributed by atoms with Crippen LogP contribution in [0.3, 0.4) is 0 Å². The fraction of sp³-hybridized carbons (Fsp3) is 0.174. The maximum atomic E-state index is 12.7. The molecule has 4 aromatic rings. The normalized spacial score (nSPS) is 12.0. The maximum absolute atomic E-state index is 12.7. The molecule has 0 fully saturated rings. The van der Waals surface area contributed by atoms with Crippen LogP contribution in [0.5, 0.6) is 0 Å². The van der Waals surface area contributed by atoms with E-state index >= 15 is 0 Å². The number of amides is 1. The van der Waals surface area contributed by atoms with Gasteiger partial charge in [0.15, 0.2) is 0 Å². The van der Waals surface area contributed by atoms with Crippen molar-refractivity contribution in [1.82, 2.24) is 24.6 Å². The summed E-state index contributed by atoms with van der Waals surface area (Å²) in [6, 6.07) is 19.7. The van der Waals surface area contributed by atoms with Crippen molar-refractivity contribution in [3.8, 4) is 11.4 Å². The lowest BCUT2D eigenvalue weighted by molar-refractivity contribution is 0.0940. The monoisotopic (exact) mass is 385 g/mol. The van der Waals surface area contributed by atoms with Gasteiger partial charge in [-0.25, -0.2) is 9.67 Å². The number of nitrogens with zero attached hydrogens (tertiary/aromatic N) is 4. The van der Waals surface area contributed by atoms with E-state index in [0.29, 0.717) is 5.56 Å². The van der Waals surface area contributed by atoms with Crippen molar-refractivity contribution in [1.29, 1.82) is 0 Å². The van der Waals surface area contributed by atoms with Crippen LogP contribution >= 0.6 is 0 Å². The van der Waals surface area contributed by atoms with E-state index < -0.39 is 0 Å². The van der Waals surface area contributed by atoms with Gasteiger partial charge in [0, 0.05) is 22.6 Å². The van der Waals surface area contributed by atoms with Crippen molar-refractivity contribution in [2.45, 2.75) is 26.8 Å². The summed E-state index contributed by atoms with van der Waals surface area (Å²) in [5, 5.41) is 7.18. The summed E-state index contributed by atoms with van der Waals surface area (Å²) in [7, 11) is 0. The van der Waals surface area contributed by atoms with Crippen LogP contribution in [0.25, 0.3) is 11.4 Å². The topological polar surface area (TPSA) is 64.7 Å². The van der Waals surface area contributed by atoms with E-state index in [0.717, 1.165) is 16.9 Å². The Balaban J connectivity index is 1.45. The molecule has 29 heavy (non-hydrogen) atoms. The standard InChI is InChI=1S/C23H23N5O/c1-16-4-5-17(2)28(16)22-12-8-20(9-13-22)23(29)26-18(3)19-6-10-21(11-7-19)27-15-24-14-25-27/h4-15,18H,1-3H3,(H,26,29). The quantitative estimate of drug-likeness (QED) is 0.561. The van der Waals surface area contributed by atoms with E-state index in [4.69, 9.17) is 0 Å². The molecule has 0 aliphatic rings. The van der Waals surface area contributed by atoms with Gasteiger partial charge in [-0.15, -0.1) is 0 Å². The molecular weight excluding hydrogens is 362 g/mol. The number of nitrogens with one attached hydrogen (secondary N) is 1. The SMILES string of the molecule is Cc1ccc(C)n1-c1ccc(C(=O)NC(C)c2ccc(-n3cncn3)cc2)cc1. The van der Waals surface area contributed by atoms with Crippen LogP contribution in [0.4, 0.5) is 0 Å². The highest BCUT2D eigenvalue weighted by Crippen LogP contribution is 2.19. The summed E-state index contributed by atoms with van der Waals surface area (Å²) in [5.41, 5.74) is 5.99. The minimum absolute atomic E-state index is 0.0923. The first-order chi connectivity index (χ1) is 14.0. The second-order valence-electron chi connectivity index (χ2n) is 7.13. The van der Waals surface area contributed by atoms with Gasteiger partial charge in [-0.2, -0.15) is 5.10 Å². The van der Waals surface area contributed by atoms with Crippen LogP contribution in [0.2, 0.25) is 0 Å². The van der Waals surface area contributed by atoms with E-state index in [1.54, 1.807) is 11.0 Å². The van der Waals surface area contributed by atoms with E-state index in [1.165, 1.54) is 17.7 Å². The fourth-order valence-electron chi connectivity index (χ4n) is 3.46. The van der Waals surface area contributed by atoms with Gasteiger partial charge in [0.1, 0.15) is 12.7 Å². The van der Waals surface area contributed by atoms with E-state index in [9.17, 15) is 4.79 Å². The number of rotatable bonds is 5. The minimum Gasteiger partial charge on any atom is -0.346 e. The van der Waals surface area contributed by atoms with Crippen LogP contribution < -0.4 is 5.32 Å². The number of aromatic nitrogens is 4. The van der Waals surface area contributed by atoms with Gasteiger partial charge in [0.05, 0.1) is 11.7 Å². The molecule has 0 aliphatic carbocycles. The summed E-state index contributed by atoms with van der Waals surface area (Å²) >= 11 is 0. The molecule has 0 radical (unpaired) electrons. The largest absolute Gasteiger partial charge is 0.346 e. The van der Waals surface area contributed by atoms with Gasteiger partial charge in [-0.1, -0.05) is 12.1 Å². The van der Waals surface area contributed by atoms with Gasteiger partial charge >= 0.3 is 0 Å². The molecule has 0 bridgehead atoms. The second kappa shape index (κ2) is 7.75. The third kappa shape index (κ3) is 3.82. The lowest BCUT2D eigenvalue weighted by Crippen LogP contribution is -2.26. The number of aryl methyl sites for hydroxylation is 2. The Morgan fingerprint density at radius 1 is 0.897 bits per heavy atom. The molecule has 1 amide bonds. The number of benzene rings is 2. The Hall–Kier alpha value is -3.67. The summed E-state index contributed by atoms with van der Waals surface area (Å²) in [5.74, 6) is -0.0923. The lowest BCUT2D eigenvalue weighted by Gasteiger charge is -2.15. The predicted octanol–water partition coefficient (Wildman–Crippen LogP) is 4.17. The Kier molecular flexibility index (Phi) is 4.99. The lowest BCUT2D eigenvalue weighted by atomic mass is 10.1. The molecule has 0 aliphatic heterocycles. The van der Waals surface area contributed by atoms with Crippen LogP contribution in [-0.2, 0) is 0 Å². The first-order valence-electron chi connectivity index (χ1n) is 9.54. The molecule has 4 rings (SSSR count). The molecule has 6 nitrogen and oxygen atoms in total. The molecule has 0 saturated heterocycles. The highest BCUT2D eigenvalue weighted by atomic mass is 16.1. The number of hydrogen-bond donors (Lipinski definition) is 1. The van der Waals surface area contributed by atoms with Crippen molar-refractivity contribution in [2.24, 2.45) is 0 Å².